The maximum Gasteiger partial charge on any atom is 0.171 e. The number of hydrogen-bond acceptors (Lipinski definition) is 3. The third kappa shape index (κ3) is 2.57. The van der Waals surface area contributed by atoms with Crippen LogP contribution >= 0.6 is 0 Å². The molecule has 0 saturated carbocycles. The maximum atomic E-state index is 13.4. The second kappa shape index (κ2) is 6.68. The van der Waals surface area contributed by atoms with Crippen molar-refractivity contribution in [2.75, 3.05) is 14.2 Å². The summed E-state index contributed by atoms with van der Waals surface area (Å²) >= 11 is 0. The van der Waals surface area contributed by atoms with Crippen molar-refractivity contribution in [3.63, 3.8) is 0 Å². The van der Waals surface area contributed by atoms with E-state index >= 15 is 0 Å². The van der Waals surface area contributed by atoms with Crippen molar-refractivity contribution in [3.05, 3.63) is 95.1 Å². The van der Waals surface area contributed by atoms with Gasteiger partial charge in [0.05, 0.1) is 20.1 Å². The van der Waals surface area contributed by atoms with Crippen LogP contribution < -0.4 is 9.47 Å². The molecule has 0 aliphatic heterocycles. The molecule has 4 rings (SSSR count). The first-order chi connectivity index (χ1) is 12.7. The van der Waals surface area contributed by atoms with E-state index in [1.807, 2.05) is 60.7 Å². The lowest BCUT2D eigenvalue weighted by molar-refractivity contribution is 0.0968. The minimum atomic E-state index is -0.245. The molecule has 0 bridgehead atoms. The third-order valence-electron chi connectivity index (χ3n) is 5.09. The summed E-state index contributed by atoms with van der Waals surface area (Å²) < 4.78 is 10.9. The quantitative estimate of drug-likeness (QED) is 0.681. The summed E-state index contributed by atoms with van der Waals surface area (Å²) in [6.45, 7) is 0. The molecule has 1 aliphatic carbocycles. The summed E-state index contributed by atoms with van der Waals surface area (Å²) in [5.41, 5.74) is 3.86. The van der Waals surface area contributed by atoms with Crippen molar-refractivity contribution in [2.24, 2.45) is 0 Å². The number of carbonyl (C=O) groups is 1. The van der Waals surface area contributed by atoms with Crippen molar-refractivity contribution in [1.82, 2.24) is 0 Å². The zero-order valence-electron chi connectivity index (χ0n) is 14.8. The number of hydrogen-bond donors (Lipinski definition) is 0. The molecule has 0 heterocycles. The molecule has 0 N–H and O–H groups in total. The fourth-order valence-corrected chi connectivity index (χ4v) is 3.90. The van der Waals surface area contributed by atoms with E-state index in [9.17, 15) is 4.79 Å². The van der Waals surface area contributed by atoms with Gasteiger partial charge < -0.3 is 9.47 Å². The van der Waals surface area contributed by atoms with E-state index in [0.29, 0.717) is 17.1 Å². The van der Waals surface area contributed by atoms with Crippen LogP contribution in [0.4, 0.5) is 0 Å². The van der Waals surface area contributed by atoms with Gasteiger partial charge in [0.2, 0.25) is 0 Å². The van der Waals surface area contributed by atoms with Gasteiger partial charge in [-0.3, -0.25) is 4.79 Å². The van der Waals surface area contributed by atoms with Gasteiger partial charge in [0.1, 0.15) is 0 Å². The highest BCUT2D eigenvalue weighted by atomic mass is 16.5. The minimum Gasteiger partial charge on any atom is -0.493 e. The van der Waals surface area contributed by atoms with Gasteiger partial charge in [-0.25, -0.2) is 0 Å². The molecule has 0 saturated heterocycles. The molecular weight excluding hydrogens is 324 g/mol. The Morgan fingerprint density at radius 3 is 1.73 bits per heavy atom. The average molecular weight is 344 g/mol. The van der Waals surface area contributed by atoms with Gasteiger partial charge in [-0.2, -0.15) is 0 Å². The summed E-state index contributed by atoms with van der Waals surface area (Å²) in [4.78, 5) is 13.4. The Labute approximate surface area is 153 Å². The number of Topliss-reactive ketones (excluding diaryl/α,β-unsaturated/α-hetero) is 1. The standard InChI is InChI=1S/C23H20O3/c1-25-19-13-17-18(14-20(19)26-2)23(24)22(16-11-7-4-8-12-16)21(17)15-9-5-3-6-10-15/h3-14,21-22H,1-2H3/t21-,22-/m1/s1. The monoisotopic (exact) mass is 344 g/mol. The van der Waals surface area contributed by atoms with Crippen molar-refractivity contribution >= 4 is 5.78 Å². The zero-order chi connectivity index (χ0) is 18.1. The first kappa shape index (κ1) is 16.4. The number of rotatable bonds is 4. The van der Waals surface area contributed by atoms with Gasteiger partial charge in [0.25, 0.3) is 0 Å². The summed E-state index contributed by atoms with van der Waals surface area (Å²) in [5.74, 6) is 1.07. The number of ether oxygens (including phenoxy) is 2. The topological polar surface area (TPSA) is 35.5 Å². The van der Waals surface area contributed by atoms with Crippen molar-refractivity contribution in [3.8, 4) is 11.5 Å². The fourth-order valence-electron chi connectivity index (χ4n) is 3.90. The Bertz CT molecular complexity index is 932. The van der Waals surface area contributed by atoms with Crippen LogP contribution in [0.3, 0.4) is 0 Å². The second-order valence-electron chi connectivity index (χ2n) is 6.44. The number of carbonyl (C=O) groups excluding carboxylic acids is 1. The molecule has 0 unspecified atom stereocenters. The Hall–Kier alpha value is -3.07. The molecule has 1 aliphatic rings. The largest absolute Gasteiger partial charge is 0.493 e. The lowest BCUT2D eigenvalue weighted by atomic mass is 9.81. The molecule has 3 aromatic rings. The number of ketones is 1. The summed E-state index contributed by atoms with van der Waals surface area (Å²) in [6.07, 6.45) is 0. The highest BCUT2D eigenvalue weighted by Gasteiger charge is 2.42. The van der Waals surface area contributed by atoms with E-state index in [2.05, 4.69) is 12.1 Å². The van der Waals surface area contributed by atoms with Crippen LogP contribution in [-0.4, -0.2) is 20.0 Å². The molecule has 26 heavy (non-hydrogen) atoms. The molecule has 0 radical (unpaired) electrons. The van der Waals surface area contributed by atoms with Crippen LogP contribution in [0.5, 0.6) is 11.5 Å². The normalized spacial score (nSPS) is 18.5. The van der Waals surface area contributed by atoms with Crippen LogP contribution in [0.1, 0.15) is 38.9 Å². The Balaban J connectivity index is 1.94. The highest BCUT2D eigenvalue weighted by molar-refractivity contribution is 6.07. The van der Waals surface area contributed by atoms with E-state index < -0.39 is 0 Å². The number of methoxy groups -OCH3 is 2. The summed E-state index contributed by atoms with van der Waals surface area (Å²) in [7, 11) is 3.21. The van der Waals surface area contributed by atoms with Crippen molar-refractivity contribution in [1.29, 1.82) is 0 Å². The molecule has 0 amide bonds. The van der Waals surface area contributed by atoms with Gasteiger partial charge in [-0.15, -0.1) is 0 Å². The Morgan fingerprint density at radius 1 is 0.692 bits per heavy atom. The van der Waals surface area contributed by atoms with Gasteiger partial charge in [-0.1, -0.05) is 60.7 Å². The number of benzene rings is 3. The van der Waals surface area contributed by atoms with Crippen LogP contribution in [0.15, 0.2) is 72.8 Å². The summed E-state index contributed by atoms with van der Waals surface area (Å²) in [6, 6.07) is 23.9. The smallest absolute Gasteiger partial charge is 0.171 e. The molecular formula is C23H20O3. The fraction of sp³-hybridized carbons (Fsp3) is 0.174. The van der Waals surface area contributed by atoms with E-state index in [-0.39, 0.29) is 17.6 Å². The van der Waals surface area contributed by atoms with Crippen LogP contribution in [0, 0.1) is 0 Å². The molecule has 130 valence electrons. The lowest BCUT2D eigenvalue weighted by Crippen LogP contribution is -2.12. The molecule has 3 nitrogen and oxygen atoms in total. The predicted octanol–water partition coefficient (Wildman–Crippen LogP) is 4.82. The number of fused-ring (bicyclic) bond motifs is 1. The van der Waals surface area contributed by atoms with Gasteiger partial charge in [-0.05, 0) is 28.8 Å². The molecule has 0 aromatic heterocycles. The van der Waals surface area contributed by atoms with E-state index in [4.69, 9.17) is 9.47 Å². The van der Waals surface area contributed by atoms with E-state index in [1.54, 1.807) is 14.2 Å². The maximum absolute atomic E-state index is 13.4. The molecule has 3 heteroatoms. The lowest BCUT2D eigenvalue weighted by Gasteiger charge is -2.20. The molecule has 2 atom stereocenters. The Kier molecular flexibility index (Phi) is 4.21. The highest BCUT2D eigenvalue weighted by Crippen LogP contribution is 2.50. The van der Waals surface area contributed by atoms with Gasteiger partial charge >= 0.3 is 0 Å². The van der Waals surface area contributed by atoms with Gasteiger partial charge in [0.15, 0.2) is 17.3 Å². The zero-order valence-corrected chi connectivity index (χ0v) is 14.8. The second-order valence-corrected chi connectivity index (χ2v) is 6.44. The van der Waals surface area contributed by atoms with E-state index in [0.717, 1.165) is 16.7 Å². The van der Waals surface area contributed by atoms with Gasteiger partial charge in [0, 0.05) is 11.5 Å². The first-order valence-corrected chi connectivity index (χ1v) is 8.64. The van der Waals surface area contributed by atoms with Crippen molar-refractivity contribution < 1.29 is 14.3 Å². The predicted molar refractivity (Wildman–Crippen MR) is 101 cm³/mol. The van der Waals surface area contributed by atoms with Crippen LogP contribution in [0.2, 0.25) is 0 Å². The molecule has 0 fully saturated rings. The van der Waals surface area contributed by atoms with Crippen molar-refractivity contribution in [2.45, 2.75) is 11.8 Å². The SMILES string of the molecule is COc1cc2c(cc1OC)[C@@H](c1ccccc1)[C@@H](c1ccccc1)C2=O. The molecule has 3 aromatic carbocycles. The molecule has 0 spiro atoms. The minimum absolute atomic E-state index is 0.0408. The first-order valence-electron chi connectivity index (χ1n) is 8.64. The van der Waals surface area contributed by atoms with E-state index in [1.165, 1.54) is 0 Å². The third-order valence-corrected chi connectivity index (χ3v) is 5.09. The van der Waals surface area contributed by atoms with Crippen LogP contribution in [-0.2, 0) is 0 Å². The average Bonchev–Trinajstić information content (AvgIpc) is 2.99. The summed E-state index contributed by atoms with van der Waals surface area (Å²) in [5, 5.41) is 0. The Morgan fingerprint density at radius 2 is 1.19 bits per heavy atom. The van der Waals surface area contributed by atoms with Crippen LogP contribution in [0.25, 0.3) is 0 Å².